The van der Waals surface area contributed by atoms with Gasteiger partial charge in [0, 0.05) is 18.3 Å². The van der Waals surface area contributed by atoms with Gasteiger partial charge in [-0.2, -0.15) is 0 Å². The van der Waals surface area contributed by atoms with Crippen molar-refractivity contribution in [1.29, 1.82) is 0 Å². The Kier molecular flexibility index (Phi) is 5.73. The number of hydrogen-bond donors (Lipinski definition) is 1. The number of thiophene rings is 1. The molecule has 1 N–H and O–H groups in total. The summed E-state index contributed by atoms with van der Waals surface area (Å²) in [6, 6.07) is 26.4. The molecule has 3 aromatic carbocycles. The Labute approximate surface area is 199 Å². The van der Waals surface area contributed by atoms with E-state index in [0.29, 0.717) is 21.8 Å². The van der Waals surface area contributed by atoms with E-state index in [4.69, 9.17) is 4.98 Å². The van der Waals surface area contributed by atoms with Crippen molar-refractivity contribution in [3.8, 4) is 10.6 Å². The Balaban J connectivity index is 1.40. The van der Waals surface area contributed by atoms with Crippen molar-refractivity contribution in [2.75, 3.05) is 17.3 Å². The number of carbonyl (C=O) groups is 2. The van der Waals surface area contributed by atoms with Gasteiger partial charge in [0.05, 0.1) is 26.3 Å². The number of carbonyl (C=O) groups excluding carboxylic acids is 2. The maximum Gasteiger partial charge on any atom is 0.268 e. The molecule has 2 aromatic heterocycles. The van der Waals surface area contributed by atoms with Crippen LogP contribution in [0.25, 0.3) is 20.8 Å². The number of amides is 2. The second kappa shape index (κ2) is 8.97. The highest BCUT2D eigenvalue weighted by molar-refractivity contribution is 7.21. The first-order valence-electron chi connectivity index (χ1n) is 10.3. The van der Waals surface area contributed by atoms with Gasteiger partial charge in [-0.1, -0.05) is 42.5 Å². The lowest BCUT2D eigenvalue weighted by molar-refractivity contribution is 0.0996. The van der Waals surface area contributed by atoms with E-state index in [1.165, 1.54) is 16.2 Å². The van der Waals surface area contributed by atoms with Crippen LogP contribution in [-0.2, 0) is 0 Å². The number of benzene rings is 3. The van der Waals surface area contributed by atoms with Gasteiger partial charge in [-0.05, 0) is 47.8 Å². The maximum atomic E-state index is 13.2. The molecule has 2 amide bonds. The van der Waals surface area contributed by atoms with Gasteiger partial charge in [0.15, 0.2) is 0 Å². The van der Waals surface area contributed by atoms with Gasteiger partial charge in [-0.3, -0.25) is 9.59 Å². The third kappa shape index (κ3) is 4.28. The third-order valence-corrected chi connectivity index (χ3v) is 7.15. The zero-order valence-corrected chi connectivity index (χ0v) is 19.3. The first-order valence-corrected chi connectivity index (χ1v) is 12.0. The van der Waals surface area contributed by atoms with Crippen LogP contribution in [-0.4, -0.2) is 23.8 Å². The van der Waals surface area contributed by atoms with Crippen LogP contribution in [0.2, 0.25) is 0 Å². The molecule has 0 aliphatic rings. The van der Waals surface area contributed by atoms with Gasteiger partial charge in [0.25, 0.3) is 11.8 Å². The van der Waals surface area contributed by atoms with Crippen molar-refractivity contribution >= 4 is 56.1 Å². The number of anilines is 2. The number of fused-ring (bicyclic) bond motifs is 1. The number of nitrogens with zero attached hydrogens (tertiary/aromatic N) is 2. The molecule has 5 aromatic rings. The summed E-state index contributed by atoms with van der Waals surface area (Å²) in [6.07, 6.45) is 0. The molecule has 0 fully saturated rings. The van der Waals surface area contributed by atoms with Crippen LogP contribution in [0, 0.1) is 0 Å². The zero-order valence-electron chi connectivity index (χ0n) is 17.7. The Hall–Kier alpha value is -3.81. The van der Waals surface area contributed by atoms with Crippen molar-refractivity contribution in [2.24, 2.45) is 0 Å². The van der Waals surface area contributed by atoms with Crippen molar-refractivity contribution in [2.45, 2.75) is 0 Å². The summed E-state index contributed by atoms with van der Waals surface area (Å²) < 4.78 is 1.12. The van der Waals surface area contributed by atoms with Crippen LogP contribution in [0.1, 0.15) is 20.0 Å². The second-order valence-electron chi connectivity index (χ2n) is 7.38. The average molecular weight is 470 g/mol. The van der Waals surface area contributed by atoms with Crippen LogP contribution in [0.5, 0.6) is 0 Å². The Bertz CT molecular complexity index is 1420. The number of rotatable bonds is 5. The molecule has 162 valence electrons. The van der Waals surface area contributed by atoms with Gasteiger partial charge >= 0.3 is 0 Å². The standard InChI is InChI=1S/C26H19N3O2S2/c1-29(26(31)23-14-7-15-32-23)21-12-4-2-10-19(21)24(30)27-18-9-6-8-17(16-18)25-28-20-11-3-5-13-22(20)33-25/h2-16H,1H3,(H,27,30). The van der Waals surface area contributed by atoms with Crippen LogP contribution < -0.4 is 10.2 Å². The zero-order chi connectivity index (χ0) is 22.8. The highest BCUT2D eigenvalue weighted by Crippen LogP contribution is 2.31. The minimum Gasteiger partial charge on any atom is -0.322 e. The topological polar surface area (TPSA) is 62.3 Å². The number of aromatic nitrogens is 1. The van der Waals surface area contributed by atoms with Gasteiger partial charge in [0.2, 0.25) is 0 Å². The largest absolute Gasteiger partial charge is 0.322 e. The number of para-hydroxylation sites is 2. The van der Waals surface area contributed by atoms with E-state index >= 15 is 0 Å². The van der Waals surface area contributed by atoms with Gasteiger partial charge in [-0.25, -0.2) is 4.98 Å². The molecule has 0 saturated carbocycles. The van der Waals surface area contributed by atoms with E-state index in [9.17, 15) is 9.59 Å². The van der Waals surface area contributed by atoms with E-state index in [2.05, 4.69) is 5.32 Å². The third-order valence-electron chi connectivity index (χ3n) is 5.21. The lowest BCUT2D eigenvalue weighted by Gasteiger charge is -2.20. The summed E-state index contributed by atoms with van der Waals surface area (Å²) >= 11 is 2.99. The van der Waals surface area contributed by atoms with Crippen molar-refractivity contribution in [3.63, 3.8) is 0 Å². The van der Waals surface area contributed by atoms with Gasteiger partial charge in [-0.15, -0.1) is 22.7 Å². The quantitative estimate of drug-likeness (QED) is 0.317. The van der Waals surface area contributed by atoms with Crippen molar-refractivity contribution in [3.05, 3.63) is 101 Å². The van der Waals surface area contributed by atoms with Crippen molar-refractivity contribution < 1.29 is 9.59 Å². The van der Waals surface area contributed by atoms with E-state index in [-0.39, 0.29) is 11.8 Å². The fourth-order valence-electron chi connectivity index (χ4n) is 3.56. The molecular formula is C26H19N3O2S2. The van der Waals surface area contributed by atoms with Crippen molar-refractivity contribution in [1.82, 2.24) is 4.98 Å². The number of hydrogen-bond acceptors (Lipinski definition) is 5. The SMILES string of the molecule is CN(C(=O)c1cccs1)c1ccccc1C(=O)Nc1cccc(-c2nc3ccccc3s2)c1. The summed E-state index contributed by atoms with van der Waals surface area (Å²) in [6.45, 7) is 0. The predicted molar refractivity (Wildman–Crippen MR) is 137 cm³/mol. The molecule has 0 aliphatic carbocycles. The Morgan fingerprint density at radius 3 is 2.55 bits per heavy atom. The molecule has 5 rings (SSSR count). The van der Waals surface area contributed by atoms with E-state index < -0.39 is 0 Å². The first kappa shape index (κ1) is 21.1. The van der Waals surface area contributed by atoms with Crippen LogP contribution in [0.15, 0.2) is 90.3 Å². The molecule has 33 heavy (non-hydrogen) atoms. The lowest BCUT2D eigenvalue weighted by Crippen LogP contribution is -2.28. The summed E-state index contributed by atoms with van der Waals surface area (Å²) in [4.78, 5) is 32.8. The highest BCUT2D eigenvalue weighted by atomic mass is 32.1. The summed E-state index contributed by atoms with van der Waals surface area (Å²) in [5.74, 6) is -0.430. The molecule has 0 atom stereocenters. The van der Waals surface area contributed by atoms with E-state index in [1.54, 1.807) is 42.6 Å². The maximum absolute atomic E-state index is 13.2. The number of thiazole rings is 1. The molecule has 7 heteroatoms. The van der Waals surface area contributed by atoms with Crippen LogP contribution in [0.3, 0.4) is 0 Å². The second-order valence-corrected chi connectivity index (χ2v) is 9.36. The average Bonchev–Trinajstić information content (AvgIpc) is 3.53. The molecule has 0 aliphatic heterocycles. The molecule has 2 heterocycles. The van der Waals surface area contributed by atoms with Crippen LogP contribution >= 0.6 is 22.7 Å². The highest BCUT2D eigenvalue weighted by Gasteiger charge is 2.20. The minimum atomic E-state index is -0.280. The lowest BCUT2D eigenvalue weighted by atomic mass is 10.1. The smallest absolute Gasteiger partial charge is 0.268 e. The molecule has 5 nitrogen and oxygen atoms in total. The summed E-state index contributed by atoms with van der Waals surface area (Å²) in [7, 11) is 1.68. The summed E-state index contributed by atoms with van der Waals surface area (Å²) in [5, 5.41) is 5.73. The molecule has 0 bridgehead atoms. The Morgan fingerprint density at radius 1 is 0.909 bits per heavy atom. The number of nitrogens with one attached hydrogen (secondary N) is 1. The Morgan fingerprint density at radius 2 is 1.73 bits per heavy atom. The fraction of sp³-hybridized carbons (Fsp3) is 0.0385. The predicted octanol–water partition coefficient (Wildman–Crippen LogP) is 6.55. The molecule has 0 unspecified atom stereocenters. The molecule has 0 radical (unpaired) electrons. The van der Waals surface area contributed by atoms with Crippen LogP contribution in [0.4, 0.5) is 11.4 Å². The minimum absolute atomic E-state index is 0.150. The molecule has 0 spiro atoms. The molecule has 0 saturated heterocycles. The first-order chi connectivity index (χ1) is 16.1. The van der Waals surface area contributed by atoms with E-state index in [0.717, 1.165) is 20.8 Å². The normalized spacial score (nSPS) is 10.8. The summed E-state index contributed by atoms with van der Waals surface area (Å²) in [5.41, 5.74) is 3.54. The molecular weight excluding hydrogens is 450 g/mol. The monoisotopic (exact) mass is 469 g/mol. The van der Waals surface area contributed by atoms with Gasteiger partial charge < -0.3 is 10.2 Å². The van der Waals surface area contributed by atoms with E-state index in [1.807, 2.05) is 66.0 Å². The fourth-order valence-corrected chi connectivity index (χ4v) is 5.22. The van der Waals surface area contributed by atoms with Gasteiger partial charge in [0.1, 0.15) is 5.01 Å².